The molecule has 0 aromatic heterocycles. The molecule has 1 aliphatic rings. The van der Waals surface area contributed by atoms with Gasteiger partial charge in [-0.05, 0) is 19.3 Å². The first-order chi connectivity index (χ1) is 7.79. The Kier molecular flexibility index (Phi) is 6.37. The van der Waals surface area contributed by atoms with Gasteiger partial charge < -0.3 is 20.1 Å². The lowest BCUT2D eigenvalue weighted by Crippen LogP contribution is -2.48. The summed E-state index contributed by atoms with van der Waals surface area (Å²) >= 11 is 0. The molecule has 0 saturated heterocycles. The summed E-state index contributed by atoms with van der Waals surface area (Å²) in [5.74, 6) is 0.0475. The average molecular weight is 230 g/mol. The molecule has 1 amide bonds. The highest BCUT2D eigenvalue weighted by atomic mass is 16.5. The lowest BCUT2D eigenvalue weighted by atomic mass is 9.91. The lowest BCUT2D eigenvalue weighted by Gasteiger charge is -2.37. The molecule has 0 atom stereocenters. The molecule has 1 saturated carbocycles. The third-order valence-electron chi connectivity index (χ3n) is 2.86. The quantitative estimate of drug-likeness (QED) is 0.596. The van der Waals surface area contributed by atoms with Crippen molar-refractivity contribution in [2.45, 2.75) is 25.3 Å². The van der Waals surface area contributed by atoms with Gasteiger partial charge in [-0.3, -0.25) is 4.79 Å². The first kappa shape index (κ1) is 13.4. The van der Waals surface area contributed by atoms with E-state index < -0.39 is 0 Å². The molecule has 0 aliphatic heterocycles. The molecule has 2 N–H and O–H groups in total. The molecule has 0 radical (unpaired) electrons. The van der Waals surface area contributed by atoms with Crippen LogP contribution in [0.5, 0.6) is 0 Å². The molecule has 0 heterocycles. The van der Waals surface area contributed by atoms with E-state index in [-0.39, 0.29) is 12.5 Å². The third-order valence-corrected chi connectivity index (χ3v) is 2.86. The summed E-state index contributed by atoms with van der Waals surface area (Å²) < 4.78 is 10.1. The van der Waals surface area contributed by atoms with E-state index >= 15 is 0 Å². The maximum Gasteiger partial charge on any atom is 0.248 e. The van der Waals surface area contributed by atoms with E-state index in [0.717, 1.165) is 12.8 Å². The van der Waals surface area contributed by atoms with Gasteiger partial charge in [0.1, 0.15) is 6.61 Å². The molecule has 5 nitrogen and oxygen atoms in total. The van der Waals surface area contributed by atoms with Gasteiger partial charge in [-0.25, -0.2) is 0 Å². The summed E-state index contributed by atoms with van der Waals surface area (Å²) in [5.41, 5.74) is 5.51. The molecule has 1 fully saturated rings. The molecule has 0 aromatic rings. The van der Waals surface area contributed by atoms with Crippen LogP contribution in [0.1, 0.15) is 19.3 Å². The number of carbonyl (C=O) groups is 1. The van der Waals surface area contributed by atoms with Crippen molar-refractivity contribution in [2.24, 2.45) is 5.73 Å². The van der Waals surface area contributed by atoms with Crippen LogP contribution in [0.25, 0.3) is 0 Å². The summed E-state index contributed by atoms with van der Waals surface area (Å²) in [6, 6.07) is 0.391. The summed E-state index contributed by atoms with van der Waals surface area (Å²) in [5, 5.41) is 0. The smallest absolute Gasteiger partial charge is 0.248 e. The highest BCUT2D eigenvalue weighted by molar-refractivity contribution is 5.77. The Bertz CT molecular complexity index is 207. The second kappa shape index (κ2) is 7.60. The monoisotopic (exact) mass is 230 g/mol. The van der Waals surface area contributed by atoms with Crippen molar-refractivity contribution in [1.29, 1.82) is 0 Å². The fraction of sp³-hybridized carbons (Fsp3) is 0.909. The Morgan fingerprint density at radius 1 is 1.44 bits per heavy atom. The number of carbonyl (C=O) groups excluding carboxylic acids is 1. The minimum atomic E-state index is 0.0475. The normalized spacial score (nSPS) is 15.9. The molecule has 1 aliphatic carbocycles. The summed E-state index contributed by atoms with van der Waals surface area (Å²) in [7, 11) is 1.61. The lowest BCUT2D eigenvalue weighted by molar-refractivity contribution is -0.140. The molecule has 94 valence electrons. The average Bonchev–Trinajstić information content (AvgIpc) is 2.21. The summed E-state index contributed by atoms with van der Waals surface area (Å²) in [6.07, 6.45) is 3.41. The molecule has 0 spiro atoms. The van der Waals surface area contributed by atoms with Crippen molar-refractivity contribution in [3.63, 3.8) is 0 Å². The standard InChI is InChI=1S/C11H22N2O3/c1-15-7-8-16-9-11(14)13(6-5-12)10-3-2-4-10/h10H,2-9,12H2,1H3. The van der Waals surface area contributed by atoms with Gasteiger partial charge in [-0.2, -0.15) is 0 Å². The Morgan fingerprint density at radius 3 is 2.69 bits per heavy atom. The topological polar surface area (TPSA) is 64.8 Å². The largest absolute Gasteiger partial charge is 0.382 e. The van der Waals surface area contributed by atoms with E-state index in [2.05, 4.69) is 0 Å². The Hall–Kier alpha value is -0.650. The number of methoxy groups -OCH3 is 1. The first-order valence-corrected chi connectivity index (χ1v) is 5.85. The number of hydrogen-bond donors (Lipinski definition) is 1. The zero-order chi connectivity index (χ0) is 11.8. The van der Waals surface area contributed by atoms with Crippen LogP contribution in [0.4, 0.5) is 0 Å². The Labute approximate surface area is 96.9 Å². The maximum atomic E-state index is 11.8. The third kappa shape index (κ3) is 4.08. The fourth-order valence-electron chi connectivity index (χ4n) is 1.73. The predicted octanol–water partition coefficient (Wildman–Crippen LogP) is -0.0108. The van der Waals surface area contributed by atoms with Crippen LogP contribution in [0.3, 0.4) is 0 Å². The molecular weight excluding hydrogens is 208 g/mol. The Balaban J connectivity index is 2.23. The van der Waals surface area contributed by atoms with Crippen molar-refractivity contribution in [1.82, 2.24) is 4.90 Å². The second-order valence-corrected chi connectivity index (χ2v) is 4.01. The number of hydrogen-bond acceptors (Lipinski definition) is 4. The van der Waals surface area contributed by atoms with Gasteiger partial charge in [0.2, 0.25) is 5.91 Å². The van der Waals surface area contributed by atoms with Crippen LogP contribution >= 0.6 is 0 Å². The number of nitrogens with zero attached hydrogens (tertiary/aromatic N) is 1. The first-order valence-electron chi connectivity index (χ1n) is 5.85. The van der Waals surface area contributed by atoms with Gasteiger partial charge in [0.05, 0.1) is 13.2 Å². The van der Waals surface area contributed by atoms with Crippen LogP contribution in [0.15, 0.2) is 0 Å². The van der Waals surface area contributed by atoms with Crippen LogP contribution < -0.4 is 5.73 Å². The molecule has 1 rings (SSSR count). The zero-order valence-electron chi connectivity index (χ0n) is 9.98. The van der Waals surface area contributed by atoms with E-state index in [1.54, 1.807) is 7.11 Å². The fourth-order valence-corrected chi connectivity index (χ4v) is 1.73. The number of ether oxygens (including phenoxy) is 2. The minimum Gasteiger partial charge on any atom is -0.382 e. The van der Waals surface area contributed by atoms with Crippen molar-refractivity contribution in [3.8, 4) is 0 Å². The van der Waals surface area contributed by atoms with Crippen molar-refractivity contribution in [3.05, 3.63) is 0 Å². The van der Waals surface area contributed by atoms with Gasteiger partial charge in [0, 0.05) is 26.2 Å². The van der Waals surface area contributed by atoms with Crippen LogP contribution in [0.2, 0.25) is 0 Å². The Morgan fingerprint density at radius 2 is 2.19 bits per heavy atom. The molecule has 0 unspecified atom stereocenters. The van der Waals surface area contributed by atoms with E-state index in [0.29, 0.717) is 32.3 Å². The zero-order valence-corrected chi connectivity index (χ0v) is 9.98. The summed E-state index contributed by atoms with van der Waals surface area (Å²) in [6.45, 7) is 2.27. The minimum absolute atomic E-state index is 0.0475. The SMILES string of the molecule is COCCOCC(=O)N(CCN)C1CCC1. The van der Waals surface area contributed by atoms with Gasteiger partial charge in [-0.15, -0.1) is 0 Å². The van der Waals surface area contributed by atoms with E-state index in [1.165, 1.54) is 6.42 Å². The number of amides is 1. The van der Waals surface area contributed by atoms with Gasteiger partial charge in [0.15, 0.2) is 0 Å². The van der Waals surface area contributed by atoms with E-state index in [9.17, 15) is 4.79 Å². The van der Waals surface area contributed by atoms with Crippen LogP contribution in [0, 0.1) is 0 Å². The molecular formula is C11H22N2O3. The number of rotatable bonds is 8. The highest BCUT2D eigenvalue weighted by Crippen LogP contribution is 2.24. The predicted molar refractivity (Wildman–Crippen MR) is 61.1 cm³/mol. The molecule has 16 heavy (non-hydrogen) atoms. The van der Waals surface area contributed by atoms with Crippen molar-refractivity contribution >= 4 is 5.91 Å². The highest BCUT2D eigenvalue weighted by Gasteiger charge is 2.27. The van der Waals surface area contributed by atoms with Crippen LogP contribution in [-0.4, -0.2) is 56.9 Å². The molecule has 0 bridgehead atoms. The van der Waals surface area contributed by atoms with Crippen molar-refractivity contribution < 1.29 is 14.3 Å². The maximum absolute atomic E-state index is 11.8. The van der Waals surface area contributed by atoms with Crippen molar-refractivity contribution in [2.75, 3.05) is 40.0 Å². The van der Waals surface area contributed by atoms with Gasteiger partial charge >= 0.3 is 0 Å². The molecule has 0 aromatic carbocycles. The van der Waals surface area contributed by atoms with Crippen LogP contribution in [-0.2, 0) is 14.3 Å². The molecule has 5 heteroatoms. The second-order valence-electron chi connectivity index (χ2n) is 4.01. The van der Waals surface area contributed by atoms with E-state index in [1.807, 2.05) is 4.90 Å². The summed E-state index contributed by atoms with van der Waals surface area (Å²) in [4.78, 5) is 13.7. The van der Waals surface area contributed by atoms with E-state index in [4.69, 9.17) is 15.2 Å². The number of nitrogens with two attached hydrogens (primary N) is 1. The van der Waals surface area contributed by atoms with Gasteiger partial charge in [-0.1, -0.05) is 0 Å². The van der Waals surface area contributed by atoms with Gasteiger partial charge in [0.25, 0.3) is 0 Å².